The number of esters is 1. The zero-order chi connectivity index (χ0) is 16.4. The smallest absolute Gasteiger partial charge is 0.408 e. The van der Waals surface area contributed by atoms with Crippen LogP contribution < -0.4 is 5.32 Å². The molecule has 0 heterocycles. The number of methoxy groups -OCH3 is 1. The fraction of sp³-hybridized carbons (Fsp3) is 0.529. The first-order chi connectivity index (χ1) is 10.3. The molecular formula is C17H23NO4. The minimum absolute atomic E-state index is 0.103. The van der Waals surface area contributed by atoms with Crippen molar-refractivity contribution in [3.8, 4) is 0 Å². The lowest BCUT2D eigenvalue weighted by Gasteiger charge is -2.47. The average molecular weight is 305 g/mol. The van der Waals surface area contributed by atoms with Gasteiger partial charge in [-0.3, -0.25) is 0 Å². The summed E-state index contributed by atoms with van der Waals surface area (Å²) in [6.07, 6.45) is 0.756. The second-order valence-electron chi connectivity index (χ2n) is 6.59. The number of hydrogen-bond acceptors (Lipinski definition) is 4. The van der Waals surface area contributed by atoms with Crippen LogP contribution in [0.4, 0.5) is 4.79 Å². The third kappa shape index (κ3) is 3.24. The standard InChI is InChI=1S/C17H23NO4/c1-16(2,3)22-15(20)18-17(14(19)21-4)11-10-13(17)12-8-6-5-7-9-12/h5-9,13H,10-11H2,1-4H3,(H,18,20)/t13-,17+/m1/s1. The van der Waals surface area contributed by atoms with Gasteiger partial charge in [-0.1, -0.05) is 30.3 Å². The first kappa shape index (κ1) is 16.3. The number of ether oxygens (including phenoxy) is 2. The van der Waals surface area contributed by atoms with Crippen LogP contribution in [-0.4, -0.2) is 30.3 Å². The molecule has 1 amide bonds. The van der Waals surface area contributed by atoms with Gasteiger partial charge in [0.2, 0.25) is 0 Å². The first-order valence-electron chi connectivity index (χ1n) is 7.43. The maximum Gasteiger partial charge on any atom is 0.408 e. The molecule has 120 valence electrons. The van der Waals surface area contributed by atoms with Crippen molar-refractivity contribution >= 4 is 12.1 Å². The fourth-order valence-corrected chi connectivity index (χ4v) is 2.83. The largest absolute Gasteiger partial charge is 0.467 e. The maximum atomic E-state index is 12.3. The Labute approximate surface area is 131 Å². The van der Waals surface area contributed by atoms with Crippen molar-refractivity contribution in [1.82, 2.24) is 5.32 Å². The van der Waals surface area contributed by atoms with Crippen LogP contribution in [0.1, 0.15) is 45.1 Å². The van der Waals surface area contributed by atoms with E-state index in [1.165, 1.54) is 7.11 Å². The summed E-state index contributed by atoms with van der Waals surface area (Å²) in [5, 5.41) is 2.75. The highest BCUT2D eigenvalue weighted by Crippen LogP contribution is 2.46. The van der Waals surface area contributed by atoms with E-state index in [4.69, 9.17) is 9.47 Å². The summed E-state index contributed by atoms with van der Waals surface area (Å²) >= 11 is 0. The van der Waals surface area contributed by atoms with Crippen molar-refractivity contribution in [1.29, 1.82) is 0 Å². The normalized spacial score (nSPS) is 24.1. The first-order valence-corrected chi connectivity index (χ1v) is 7.43. The topological polar surface area (TPSA) is 64.6 Å². The fourth-order valence-electron chi connectivity index (χ4n) is 2.83. The second kappa shape index (κ2) is 5.99. The number of benzene rings is 1. The molecule has 1 saturated carbocycles. The Morgan fingerprint density at radius 2 is 1.86 bits per heavy atom. The Hall–Kier alpha value is -2.04. The van der Waals surface area contributed by atoms with Crippen molar-refractivity contribution < 1.29 is 19.1 Å². The molecule has 1 aromatic carbocycles. The van der Waals surface area contributed by atoms with Crippen LogP contribution in [-0.2, 0) is 14.3 Å². The second-order valence-corrected chi connectivity index (χ2v) is 6.59. The number of carbonyl (C=O) groups excluding carboxylic acids is 2. The molecule has 1 aliphatic rings. The molecule has 5 nitrogen and oxygen atoms in total. The van der Waals surface area contributed by atoms with Gasteiger partial charge in [0.25, 0.3) is 0 Å². The third-order valence-electron chi connectivity index (χ3n) is 3.90. The summed E-state index contributed by atoms with van der Waals surface area (Å²) < 4.78 is 10.2. The molecule has 22 heavy (non-hydrogen) atoms. The van der Waals surface area contributed by atoms with E-state index < -0.39 is 23.2 Å². The van der Waals surface area contributed by atoms with Crippen LogP contribution in [0.2, 0.25) is 0 Å². The summed E-state index contributed by atoms with van der Waals surface area (Å²) in [6.45, 7) is 5.35. The molecule has 1 aliphatic carbocycles. The molecule has 0 unspecified atom stereocenters. The van der Waals surface area contributed by atoms with Crippen molar-refractivity contribution in [3.63, 3.8) is 0 Å². The Kier molecular flexibility index (Phi) is 4.44. The number of amides is 1. The van der Waals surface area contributed by atoms with E-state index in [0.717, 1.165) is 12.0 Å². The van der Waals surface area contributed by atoms with E-state index in [9.17, 15) is 9.59 Å². The van der Waals surface area contributed by atoms with Gasteiger partial charge in [-0.05, 0) is 39.2 Å². The van der Waals surface area contributed by atoms with E-state index in [1.54, 1.807) is 20.8 Å². The van der Waals surface area contributed by atoms with Crippen molar-refractivity contribution in [2.45, 2.75) is 50.7 Å². The number of alkyl carbamates (subject to hydrolysis) is 1. The Morgan fingerprint density at radius 1 is 1.23 bits per heavy atom. The lowest BCUT2D eigenvalue weighted by molar-refractivity contribution is -0.154. The van der Waals surface area contributed by atoms with Crippen molar-refractivity contribution in [2.75, 3.05) is 7.11 Å². The molecule has 2 atom stereocenters. The molecule has 1 N–H and O–H groups in total. The highest BCUT2D eigenvalue weighted by molar-refractivity contribution is 5.88. The van der Waals surface area contributed by atoms with Crippen molar-refractivity contribution in [3.05, 3.63) is 35.9 Å². The quantitative estimate of drug-likeness (QED) is 0.872. The Bertz CT molecular complexity index is 550. The molecular weight excluding hydrogens is 282 g/mol. The molecule has 1 aromatic rings. The van der Waals surface area contributed by atoms with Crippen LogP contribution in [0.3, 0.4) is 0 Å². The molecule has 2 rings (SSSR count). The van der Waals surface area contributed by atoms with Gasteiger partial charge in [-0.2, -0.15) is 0 Å². The molecule has 1 fully saturated rings. The van der Waals surface area contributed by atoms with Gasteiger partial charge in [-0.25, -0.2) is 9.59 Å². The van der Waals surface area contributed by atoms with E-state index in [0.29, 0.717) is 6.42 Å². The average Bonchev–Trinajstić information content (AvgIpc) is 2.42. The Morgan fingerprint density at radius 3 is 2.32 bits per heavy atom. The minimum atomic E-state index is -1.04. The predicted molar refractivity (Wildman–Crippen MR) is 82.5 cm³/mol. The van der Waals surface area contributed by atoms with Crippen LogP contribution in [0.15, 0.2) is 30.3 Å². The third-order valence-corrected chi connectivity index (χ3v) is 3.90. The van der Waals surface area contributed by atoms with Gasteiger partial charge in [-0.15, -0.1) is 0 Å². The molecule has 5 heteroatoms. The van der Waals surface area contributed by atoms with Gasteiger partial charge in [0, 0.05) is 5.92 Å². The zero-order valence-electron chi connectivity index (χ0n) is 13.5. The van der Waals surface area contributed by atoms with Crippen LogP contribution in [0, 0.1) is 0 Å². The van der Waals surface area contributed by atoms with E-state index in [1.807, 2.05) is 30.3 Å². The zero-order valence-corrected chi connectivity index (χ0v) is 13.5. The summed E-state index contributed by atoms with van der Waals surface area (Å²) in [5.41, 5.74) is -0.651. The lowest BCUT2D eigenvalue weighted by atomic mass is 9.63. The molecule has 0 bridgehead atoms. The van der Waals surface area contributed by atoms with Gasteiger partial charge < -0.3 is 14.8 Å². The summed E-state index contributed by atoms with van der Waals surface area (Å²) in [5.74, 6) is -0.535. The van der Waals surface area contributed by atoms with Gasteiger partial charge in [0.1, 0.15) is 11.1 Å². The minimum Gasteiger partial charge on any atom is -0.467 e. The number of nitrogens with one attached hydrogen (secondary N) is 1. The summed E-state index contributed by atoms with van der Waals surface area (Å²) in [6, 6.07) is 9.67. The number of carbonyl (C=O) groups is 2. The molecule has 0 aliphatic heterocycles. The van der Waals surface area contributed by atoms with Crippen LogP contribution in [0.25, 0.3) is 0 Å². The van der Waals surface area contributed by atoms with E-state index in [-0.39, 0.29) is 5.92 Å². The highest BCUT2D eigenvalue weighted by Gasteiger charge is 2.56. The van der Waals surface area contributed by atoms with Crippen LogP contribution in [0.5, 0.6) is 0 Å². The van der Waals surface area contributed by atoms with E-state index in [2.05, 4.69) is 5.32 Å². The SMILES string of the molecule is COC(=O)[C@]1(NC(=O)OC(C)(C)C)CC[C@@H]1c1ccccc1. The number of hydrogen-bond donors (Lipinski definition) is 1. The van der Waals surface area contributed by atoms with Gasteiger partial charge >= 0.3 is 12.1 Å². The van der Waals surface area contributed by atoms with Gasteiger partial charge in [0.15, 0.2) is 0 Å². The predicted octanol–water partition coefficient (Wildman–Crippen LogP) is 3.00. The monoisotopic (exact) mass is 305 g/mol. The van der Waals surface area contributed by atoms with Gasteiger partial charge in [0.05, 0.1) is 7.11 Å². The molecule has 0 radical (unpaired) electrons. The summed E-state index contributed by atoms with van der Waals surface area (Å²) in [7, 11) is 1.33. The molecule has 0 saturated heterocycles. The highest BCUT2D eigenvalue weighted by atomic mass is 16.6. The summed E-state index contributed by atoms with van der Waals surface area (Å²) in [4.78, 5) is 24.4. The van der Waals surface area contributed by atoms with E-state index >= 15 is 0 Å². The number of rotatable bonds is 3. The molecule has 0 spiro atoms. The Balaban J connectivity index is 2.23. The maximum absolute atomic E-state index is 12.3. The van der Waals surface area contributed by atoms with Crippen molar-refractivity contribution in [2.24, 2.45) is 0 Å². The lowest BCUT2D eigenvalue weighted by Crippen LogP contribution is -2.64. The van der Waals surface area contributed by atoms with Crippen LogP contribution >= 0.6 is 0 Å². The molecule has 0 aromatic heterocycles.